The number of likely N-dealkylation sites (tertiary alicyclic amines) is 1. The Bertz CT molecular complexity index is 711. The predicted octanol–water partition coefficient (Wildman–Crippen LogP) is 3.17. The van der Waals surface area contributed by atoms with Crippen LogP contribution in [0.3, 0.4) is 0 Å². The van der Waals surface area contributed by atoms with Crippen molar-refractivity contribution in [1.29, 1.82) is 0 Å². The summed E-state index contributed by atoms with van der Waals surface area (Å²) in [5.41, 5.74) is 1.29. The predicted molar refractivity (Wildman–Crippen MR) is 124 cm³/mol. The molecule has 1 N–H and O–H groups in total. The first-order chi connectivity index (χ1) is 13.3. The minimum absolute atomic E-state index is 0. The van der Waals surface area contributed by atoms with Crippen molar-refractivity contribution in [2.24, 2.45) is 4.99 Å². The van der Waals surface area contributed by atoms with Crippen LogP contribution in [-0.2, 0) is 17.7 Å². The smallest absolute Gasteiger partial charge is 0.193 e. The number of benzene rings is 1. The number of halogens is 1. The molecule has 2 heterocycles. The van der Waals surface area contributed by atoms with Gasteiger partial charge >= 0.3 is 0 Å². The number of nitrogens with zero attached hydrogens (tertiary/aromatic N) is 4. The number of aliphatic imine (C=N–C) groups is 1. The molecule has 0 bridgehead atoms. The van der Waals surface area contributed by atoms with E-state index in [-0.39, 0.29) is 24.0 Å². The molecule has 7 heteroatoms. The summed E-state index contributed by atoms with van der Waals surface area (Å²) in [6.07, 6.45) is 7.33. The molecule has 0 amide bonds. The zero-order chi connectivity index (χ0) is 18.9. The quantitative estimate of drug-likeness (QED) is 0.363. The Morgan fingerprint density at radius 3 is 2.68 bits per heavy atom. The Kier molecular flexibility index (Phi) is 9.77. The van der Waals surface area contributed by atoms with Crippen LogP contribution in [0, 0.1) is 0 Å². The first-order valence-corrected chi connectivity index (χ1v) is 9.91. The standard InChI is InChI=1S/C21H31N5O.HI/c1-3-27-19-10-14-25(15-11-19)21(22-2)24-12-9-20-23-13-16-26(20)17-18-7-5-4-6-8-18;/h4-8,13,16,19H,3,9-12,14-15,17H2,1-2H3,(H,22,24);1H. The first kappa shape index (κ1) is 22.7. The molecule has 154 valence electrons. The minimum Gasteiger partial charge on any atom is -0.378 e. The molecule has 28 heavy (non-hydrogen) atoms. The van der Waals surface area contributed by atoms with Crippen molar-refractivity contribution in [3.05, 3.63) is 54.1 Å². The highest BCUT2D eigenvalue weighted by Crippen LogP contribution is 2.13. The molecular weight excluding hydrogens is 465 g/mol. The molecule has 1 aliphatic heterocycles. The molecular formula is C21H32IN5O. The number of imidazole rings is 1. The van der Waals surface area contributed by atoms with Gasteiger partial charge in [-0.25, -0.2) is 4.98 Å². The van der Waals surface area contributed by atoms with Crippen molar-refractivity contribution < 1.29 is 4.74 Å². The molecule has 0 radical (unpaired) electrons. The molecule has 0 unspecified atom stereocenters. The van der Waals surface area contributed by atoms with E-state index in [2.05, 4.69) is 62.1 Å². The third-order valence-corrected chi connectivity index (χ3v) is 4.98. The van der Waals surface area contributed by atoms with Gasteiger partial charge in [0.2, 0.25) is 0 Å². The highest BCUT2D eigenvalue weighted by atomic mass is 127. The third-order valence-electron chi connectivity index (χ3n) is 4.98. The molecule has 0 spiro atoms. The second-order valence-electron chi connectivity index (χ2n) is 6.82. The molecule has 0 atom stereocenters. The average molecular weight is 497 g/mol. The van der Waals surface area contributed by atoms with E-state index in [1.807, 2.05) is 19.3 Å². The van der Waals surface area contributed by atoms with Crippen molar-refractivity contribution in [3.63, 3.8) is 0 Å². The van der Waals surface area contributed by atoms with E-state index in [4.69, 9.17) is 4.74 Å². The monoisotopic (exact) mass is 497 g/mol. The fourth-order valence-electron chi connectivity index (χ4n) is 3.58. The maximum absolute atomic E-state index is 5.74. The van der Waals surface area contributed by atoms with E-state index in [1.165, 1.54) is 5.56 Å². The van der Waals surface area contributed by atoms with Gasteiger partial charge < -0.3 is 19.5 Å². The Balaban J connectivity index is 0.00000280. The molecule has 6 nitrogen and oxygen atoms in total. The highest BCUT2D eigenvalue weighted by Gasteiger charge is 2.21. The fraction of sp³-hybridized carbons (Fsp3) is 0.524. The molecule has 1 aliphatic rings. The summed E-state index contributed by atoms with van der Waals surface area (Å²) in [6.45, 7) is 6.53. The summed E-state index contributed by atoms with van der Waals surface area (Å²) in [5.74, 6) is 2.07. The van der Waals surface area contributed by atoms with Crippen LogP contribution >= 0.6 is 24.0 Å². The van der Waals surface area contributed by atoms with Crippen LogP contribution in [0.2, 0.25) is 0 Å². The highest BCUT2D eigenvalue weighted by molar-refractivity contribution is 14.0. The first-order valence-electron chi connectivity index (χ1n) is 9.91. The molecule has 0 saturated carbocycles. The fourth-order valence-corrected chi connectivity index (χ4v) is 3.58. The lowest BCUT2D eigenvalue weighted by atomic mass is 10.1. The number of hydrogen-bond donors (Lipinski definition) is 1. The molecule has 3 rings (SSSR count). The topological polar surface area (TPSA) is 54.7 Å². The van der Waals surface area contributed by atoms with Crippen LogP contribution in [0.25, 0.3) is 0 Å². The lowest BCUT2D eigenvalue weighted by molar-refractivity contribution is 0.0264. The van der Waals surface area contributed by atoms with E-state index < -0.39 is 0 Å². The summed E-state index contributed by atoms with van der Waals surface area (Å²) >= 11 is 0. The summed E-state index contributed by atoms with van der Waals surface area (Å²) in [4.78, 5) is 11.3. The van der Waals surface area contributed by atoms with Crippen molar-refractivity contribution in [1.82, 2.24) is 19.8 Å². The lowest BCUT2D eigenvalue weighted by Gasteiger charge is -2.34. The van der Waals surface area contributed by atoms with Crippen molar-refractivity contribution in [2.75, 3.05) is 33.3 Å². The van der Waals surface area contributed by atoms with Crippen molar-refractivity contribution in [3.8, 4) is 0 Å². The van der Waals surface area contributed by atoms with Crippen LogP contribution in [0.15, 0.2) is 47.7 Å². The van der Waals surface area contributed by atoms with Gasteiger partial charge in [-0.3, -0.25) is 4.99 Å². The van der Waals surface area contributed by atoms with Gasteiger partial charge in [-0.05, 0) is 25.3 Å². The van der Waals surface area contributed by atoms with Crippen molar-refractivity contribution >= 4 is 29.9 Å². The normalized spacial score (nSPS) is 15.4. The van der Waals surface area contributed by atoms with Gasteiger partial charge in [-0.15, -0.1) is 24.0 Å². The van der Waals surface area contributed by atoms with Gasteiger partial charge in [0, 0.05) is 58.6 Å². The van der Waals surface area contributed by atoms with E-state index in [1.54, 1.807) is 0 Å². The van der Waals surface area contributed by atoms with E-state index in [0.29, 0.717) is 6.10 Å². The van der Waals surface area contributed by atoms with Crippen LogP contribution in [0.1, 0.15) is 31.2 Å². The average Bonchev–Trinajstić information content (AvgIpc) is 3.14. The third kappa shape index (κ3) is 6.48. The second kappa shape index (κ2) is 12.1. The molecule has 1 aromatic carbocycles. The van der Waals surface area contributed by atoms with E-state index in [9.17, 15) is 0 Å². The Labute approximate surface area is 185 Å². The number of ether oxygens (including phenoxy) is 1. The molecule has 1 saturated heterocycles. The zero-order valence-corrected chi connectivity index (χ0v) is 19.2. The second-order valence-corrected chi connectivity index (χ2v) is 6.82. The van der Waals surface area contributed by atoms with E-state index >= 15 is 0 Å². The largest absolute Gasteiger partial charge is 0.378 e. The van der Waals surface area contributed by atoms with Gasteiger partial charge in [0.15, 0.2) is 5.96 Å². The van der Waals surface area contributed by atoms with Gasteiger partial charge in [0.1, 0.15) is 5.82 Å². The number of aromatic nitrogens is 2. The Morgan fingerprint density at radius 1 is 1.25 bits per heavy atom. The zero-order valence-electron chi connectivity index (χ0n) is 16.9. The molecule has 1 aromatic heterocycles. The summed E-state index contributed by atoms with van der Waals surface area (Å²) in [6, 6.07) is 10.5. The lowest BCUT2D eigenvalue weighted by Crippen LogP contribution is -2.47. The Morgan fingerprint density at radius 2 is 2.00 bits per heavy atom. The Hall–Kier alpha value is -1.61. The molecule has 0 aliphatic carbocycles. The summed E-state index contributed by atoms with van der Waals surface area (Å²) in [5, 5.41) is 3.50. The van der Waals surface area contributed by atoms with Crippen molar-refractivity contribution in [2.45, 2.75) is 38.8 Å². The maximum atomic E-state index is 5.74. The SMILES string of the molecule is CCOC1CCN(C(=NC)NCCc2nccn2Cc2ccccc2)CC1.I. The van der Waals surface area contributed by atoms with Crippen LogP contribution < -0.4 is 5.32 Å². The van der Waals surface area contributed by atoms with Crippen LogP contribution in [0.5, 0.6) is 0 Å². The number of guanidine groups is 1. The number of hydrogen-bond acceptors (Lipinski definition) is 3. The number of rotatable bonds is 7. The van der Waals surface area contributed by atoms with Gasteiger partial charge in [0.05, 0.1) is 6.10 Å². The van der Waals surface area contributed by atoms with Gasteiger partial charge in [-0.2, -0.15) is 0 Å². The summed E-state index contributed by atoms with van der Waals surface area (Å²) < 4.78 is 7.95. The summed E-state index contributed by atoms with van der Waals surface area (Å²) in [7, 11) is 1.85. The minimum atomic E-state index is 0. The number of nitrogens with one attached hydrogen (secondary N) is 1. The van der Waals surface area contributed by atoms with Gasteiger partial charge in [0.25, 0.3) is 0 Å². The van der Waals surface area contributed by atoms with Crippen LogP contribution in [-0.4, -0.2) is 59.8 Å². The molecule has 2 aromatic rings. The van der Waals surface area contributed by atoms with Gasteiger partial charge in [-0.1, -0.05) is 30.3 Å². The maximum Gasteiger partial charge on any atom is 0.193 e. The number of piperidine rings is 1. The van der Waals surface area contributed by atoms with E-state index in [0.717, 1.165) is 63.8 Å². The molecule has 1 fully saturated rings. The van der Waals surface area contributed by atoms with Crippen LogP contribution in [0.4, 0.5) is 0 Å².